The highest BCUT2D eigenvalue weighted by molar-refractivity contribution is 5.36. The summed E-state index contributed by atoms with van der Waals surface area (Å²) in [5.74, 6) is -0.948. The molecule has 2 rings (SSSR count). The molecule has 1 aromatic rings. The van der Waals surface area contributed by atoms with E-state index in [1.807, 2.05) is 6.07 Å². The molecule has 1 fully saturated rings. The van der Waals surface area contributed by atoms with Gasteiger partial charge in [0.25, 0.3) is 0 Å². The van der Waals surface area contributed by atoms with Gasteiger partial charge in [0.1, 0.15) is 11.9 Å². The van der Waals surface area contributed by atoms with Crippen molar-refractivity contribution in [1.82, 2.24) is 4.90 Å². The van der Waals surface area contributed by atoms with Crippen molar-refractivity contribution in [3.8, 4) is 6.07 Å². The lowest BCUT2D eigenvalue weighted by molar-refractivity contribution is -0.138. The summed E-state index contributed by atoms with van der Waals surface area (Å²) in [4.78, 5) is 1.73. The van der Waals surface area contributed by atoms with Gasteiger partial charge in [-0.2, -0.15) is 18.4 Å². The first-order chi connectivity index (χ1) is 9.43. The zero-order chi connectivity index (χ0) is 14.8. The Balaban J connectivity index is 2.41. The fourth-order valence-corrected chi connectivity index (χ4v) is 2.54. The highest BCUT2D eigenvalue weighted by Gasteiger charge is 2.37. The van der Waals surface area contributed by atoms with Crippen molar-refractivity contribution >= 4 is 0 Å². The first-order valence-corrected chi connectivity index (χ1v) is 6.44. The maximum Gasteiger partial charge on any atom is 0.416 e. The summed E-state index contributed by atoms with van der Waals surface area (Å²) in [6.07, 6.45) is -1.92. The number of benzene rings is 1. The van der Waals surface area contributed by atoms with Gasteiger partial charge in [-0.25, -0.2) is 4.39 Å². The number of likely N-dealkylation sites (tertiary alicyclic amines) is 1. The fourth-order valence-electron chi connectivity index (χ4n) is 2.54. The lowest BCUT2D eigenvalue weighted by Crippen LogP contribution is -2.34. The zero-order valence-corrected chi connectivity index (χ0v) is 10.8. The highest BCUT2D eigenvalue weighted by atomic mass is 19.4. The quantitative estimate of drug-likeness (QED) is 0.771. The number of hydrogen-bond acceptors (Lipinski definition) is 2. The number of nitriles is 1. The SMILES string of the molecule is N#CC(c1ccc(F)cc1C(F)(F)F)N1CCCCC1. The van der Waals surface area contributed by atoms with Crippen LogP contribution >= 0.6 is 0 Å². The summed E-state index contributed by atoms with van der Waals surface area (Å²) < 4.78 is 52.1. The summed E-state index contributed by atoms with van der Waals surface area (Å²) in [5.41, 5.74) is -1.22. The summed E-state index contributed by atoms with van der Waals surface area (Å²) >= 11 is 0. The largest absolute Gasteiger partial charge is 0.416 e. The third kappa shape index (κ3) is 3.10. The Morgan fingerprint density at radius 1 is 1.15 bits per heavy atom. The van der Waals surface area contributed by atoms with Crippen molar-refractivity contribution in [2.24, 2.45) is 0 Å². The van der Waals surface area contributed by atoms with Crippen molar-refractivity contribution < 1.29 is 17.6 Å². The molecule has 0 bridgehead atoms. The second-order valence-electron chi connectivity index (χ2n) is 4.86. The number of alkyl halides is 3. The molecule has 0 spiro atoms. The second kappa shape index (κ2) is 5.80. The lowest BCUT2D eigenvalue weighted by atomic mass is 9.97. The van der Waals surface area contributed by atoms with Crippen molar-refractivity contribution in [2.45, 2.75) is 31.5 Å². The van der Waals surface area contributed by atoms with E-state index < -0.39 is 23.6 Å². The number of piperidine rings is 1. The molecular formula is C14H14F4N2. The third-order valence-corrected chi connectivity index (χ3v) is 3.49. The van der Waals surface area contributed by atoms with Gasteiger partial charge in [-0.1, -0.05) is 12.5 Å². The van der Waals surface area contributed by atoms with Crippen LogP contribution < -0.4 is 0 Å². The van der Waals surface area contributed by atoms with Crippen LogP contribution in [-0.2, 0) is 6.18 Å². The molecule has 0 N–H and O–H groups in total. The van der Waals surface area contributed by atoms with E-state index in [9.17, 15) is 22.8 Å². The molecule has 1 aromatic carbocycles. The molecule has 2 nitrogen and oxygen atoms in total. The maximum atomic E-state index is 13.1. The van der Waals surface area contributed by atoms with Gasteiger partial charge >= 0.3 is 6.18 Å². The Hall–Kier alpha value is -1.61. The highest BCUT2D eigenvalue weighted by Crippen LogP contribution is 2.37. The van der Waals surface area contributed by atoms with E-state index >= 15 is 0 Å². The van der Waals surface area contributed by atoms with E-state index in [0.717, 1.165) is 31.4 Å². The molecule has 0 radical (unpaired) electrons. The van der Waals surface area contributed by atoms with E-state index in [1.165, 1.54) is 0 Å². The Morgan fingerprint density at radius 2 is 1.80 bits per heavy atom. The first kappa shape index (κ1) is 14.8. The molecule has 1 saturated heterocycles. The zero-order valence-electron chi connectivity index (χ0n) is 10.8. The molecule has 108 valence electrons. The monoisotopic (exact) mass is 286 g/mol. The summed E-state index contributed by atoms with van der Waals surface area (Å²) in [7, 11) is 0. The lowest BCUT2D eigenvalue weighted by Gasteiger charge is -2.31. The number of halogens is 4. The average molecular weight is 286 g/mol. The van der Waals surface area contributed by atoms with Crippen molar-refractivity contribution in [3.05, 3.63) is 35.1 Å². The second-order valence-corrected chi connectivity index (χ2v) is 4.86. The third-order valence-electron chi connectivity index (χ3n) is 3.49. The van der Waals surface area contributed by atoms with Crippen molar-refractivity contribution in [1.29, 1.82) is 5.26 Å². The van der Waals surface area contributed by atoms with Gasteiger partial charge in [-0.3, -0.25) is 4.90 Å². The van der Waals surface area contributed by atoms with E-state index in [0.29, 0.717) is 19.2 Å². The summed E-state index contributed by atoms with van der Waals surface area (Å²) in [6, 6.07) is 3.45. The van der Waals surface area contributed by atoms with Crippen LogP contribution in [0.3, 0.4) is 0 Å². The predicted octanol–water partition coefficient (Wildman–Crippen LogP) is 3.90. The van der Waals surface area contributed by atoms with Crippen LogP contribution in [0.4, 0.5) is 17.6 Å². The van der Waals surface area contributed by atoms with Crippen molar-refractivity contribution in [2.75, 3.05) is 13.1 Å². The molecule has 0 saturated carbocycles. The van der Waals surface area contributed by atoms with Crippen molar-refractivity contribution in [3.63, 3.8) is 0 Å². The molecule has 0 aliphatic carbocycles. The van der Waals surface area contributed by atoms with E-state index in [2.05, 4.69) is 0 Å². The fraction of sp³-hybridized carbons (Fsp3) is 0.500. The van der Waals surface area contributed by atoms with Crippen LogP contribution in [0.25, 0.3) is 0 Å². The smallest absolute Gasteiger partial charge is 0.284 e. The molecule has 1 aliphatic heterocycles. The van der Waals surface area contributed by atoms with E-state index in [-0.39, 0.29) is 5.56 Å². The normalized spacial score (nSPS) is 18.6. The topological polar surface area (TPSA) is 27.0 Å². The van der Waals surface area contributed by atoms with E-state index in [4.69, 9.17) is 0 Å². The van der Waals surface area contributed by atoms with Crippen LogP contribution in [0.5, 0.6) is 0 Å². The summed E-state index contributed by atoms with van der Waals surface area (Å²) in [6.45, 7) is 1.18. The van der Waals surface area contributed by atoms with Gasteiger partial charge in [-0.15, -0.1) is 0 Å². The van der Waals surface area contributed by atoms with Crippen LogP contribution in [0.2, 0.25) is 0 Å². The molecule has 1 aliphatic rings. The Kier molecular flexibility index (Phi) is 4.29. The van der Waals surface area contributed by atoms with Crippen LogP contribution in [0.1, 0.15) is 36.4 Å². The Labute approximate surface area is 114 Å². The molecule has 0 amide bonds. The number of hydrogen-bond donors (Lipinski definition) is 0. The van der Waals surface area contributed by atoms with Gasteiger partial charge < -0.3 is 0 Å². The number of rotatable bonds is 2. The van der Waals surface area contributed by atoms with Gasteiger partial charge in [0.15, 0.2) is 0 Å². The Morgan fingerprint density at radius 3 is 2.35 bits per heavy atom. The molecule has 1 atom stereocenters. The Bertz CT molecular complexity index is 513. The standard InChI is InChI=1S/C14H14F4N2/c15-10-4-5-11(12(8-10)14(16,17)18)13(9-19)20-6-2-1-3-7-20/h4-5,8,13H,1-3,6-7H2. The van der Waals surface area contributed by atoms with E-state index in [1.54, 1.807) is 4.90 Å². The van der Waals surface area contributed by atoms with Crippen LogP contribution in [-0.4, -0.2) is 18.0 Å². The molecular weight excluding hydrogens is 272 g/mol. The molecule has 0 aromatic heterocycles. The molecule has 6 heteroatoms. The minimum atomic E-state index is -4.66. The van der Waals surface area contributed by atoms with Crippen LogP contribution in [0, 0.1) is 17.1 Å². The molecule has 20 heavy (non-hydrogen) atoms. The molecule has 1 unspecified atom stereocenters. The van der Waals surface area contributed by atoms with Gasteiger partial charge in [0.05, 0.1) is 11.6 Å². The minimum absolute atomic E-state index is 0.164. The van der Waals surface area contributed by atoms with Gasteiger partial charge in [-0.05, 0) is 43.6 Å². The van der Waals surface area contributed by atoms with Crippen LogP contribution in [0.15, 0.2) is 18.2 Å². The number of nitrogens with zero attached hydrogens (tertiary/aromatic N) is 2. The predicted molar refractivity (Wildman–Crippen MR) is 65.2 cm³/mol. The summed E-state index contributed by atoms with van der Waals surface area (Å²) in [5, 5.41) is 9.24. The molecule has 1 heterocycles. The minimum Gasteiger partial charge on any atom is -0.284 e. The average Bonchev–Trinajstić information content (AvgIpc) is 2.41. The maximum absolute atomic E-state index is 13.1. The first-order valence-electron chi connectivity index (χ1n) is 6.44. The van der Waals surface area contributed by atoms with Gasteiger partial charge in [0.2, 0.25) is 0 Å². The van der Waals surface area contributed by atoms with Gasteiger partial charge in [0, 0.05) is 0 Å².